The number of nitrogens with one attached hydrogen (secondary N) is 1. The van der Waals surface area contributed by atoms with Crippen molar-refractivity contribution in [2.75, 3.05) is 26.2 Å². The fourth-order valence-corrected chi connectivity index (χ4v) is 6.94. The third-order valence-corrected chi connectivity index (χ3v) is 7.96. The van der Waals surface area contributed by atoms with Gasteiger partial charge in [-0.05, 0) is 101 Å². The summed E-state index contributed by atoms with van der Waals surface area (Å²) in [6, 6.07) is 0.287. The van der Waals surface area contributed by atoms with E-state index >= 15 is 0 Å². The second kappa shape index (κ2) is 7.73. The molecule has 0 spiro atoms. The lowest BCUT2D eigenvalue weighted by Crippen LogP contribution is -2.57. The van der Waals surface area contributed by atoms with E-state index in [1.165, 1.54) is 38.5 Å². The molecule has 1 heterocycles. The van der Waals surface area contributed by atoms with Crippen LogP contribution in [-0.4, -0.2) is 49.1 Å². The molecule has 5 aliphatic rings. The molecule has 1 atom stereocenters. The normalized spacial score (nSPS) is 37.2. The van der Waals surface area contributed by atoms with E-state index in [0.29, 0.717) is 18.6 Å². The van der Waals surface area contributed by atoms with Gasteiger partial charge in [0.1, 0.15) is 0 Å². The highest BCUT2D eigenvalue weighted by Crippen LogP contribution is 2.61. The topological polar surface area (TPSA) is 58.6 Å². The van der Waals surface area contributed by atoms with Crippen LogP contribution >= 0.6 is 0 Å². The van der Waals surface area contributed by atoms with Gasteiger partial charge in [0.05, 0.1) is 19.1 Å². The number of hydrogen-bond acceptors (Lipinski definition) is 4. The van der Waals surface area contributed by atoms with Crippen molar-refractivity contribution in [2.24, 2.45) is 29.1 Å². The average molecular weight is 377 g/mol. The Morgan fingerprint density at radius 1 is 1.07 bits per heavy atom. The summed E-state index contributed by atoms with van der Waals surface area (Å²) < 4.78 is 5.13. The molecule has 0 radical (unpaired) electrons. The smallest absolute Gasteiger partial charge is 0.309 e. The predicted molar refractivity (Wildman–Crippen MR) is 104 cm³/mol. The van der Waals surface area contributed by atoms with E-state index in [9.17, 15) is 9.59 Å². The Kier molecular flexibility index (Phi) is 5.50. The molecule has 1 aliphatic heterocycles. The fraction of sp³-hybridized carbons (Fsp3) is 0.909. The van der Waals surface area contributed by atoms with Gasteiger partial charge in [-0.2, -0.15) is 0 Å². The van der Waals surface area contributed by atoms with Crippen LogP contribution in [0.4, 0.5) is 0 Å². The molecule has 4 aliphatic carbocycles. The SMILES string of the molecule is CCOC(=O)C1CCN(CC(=O)N[C@H](C)C23CC4CC(CC(C4)C2)C3)CC1. The highest BCUT2D eigenvalue weighted by molar-refractivity contribution is 5.78. The maximum atomic E-state index is 12.7. The summed E-state index contributed by atoms with van der Waals surface area (Å²) >= 11 is 0. The minimum atomic E-state index is -0.0722. The van der Waals surface area contributed by atoms with Crippen LogP contribution in [0.2, 0.25) is 0 Å². The van der Waals surface area contributed by atoms with Gasteiger partial charge in [-0.3, -0.25) is 14.5 Å². The van der Waals surface area contributed by atoms with E-state index in [1.54, 1.807) is 0 Å². The van der Waals surface area contributed by atoms with Gasteiger partial charge in [0.15, 0.2) is 0 Å². The molecule has 5 nitrogen and oxygen atoms in total. The van der Waals surface area contributed by atoms with E-state index in [2.05, 4.69) is 17.1 Å². The second-order valence-corrected chi connectivity index (χ2v) is 9.87. The van der Waals surface area contributed by atoms with Gasteiger partial charge in [0.25, 0.3) is 0 Å². The zero-order valence-electron chi connectivity index (χ0n) is 17.0. The Labute approximate surface area is 163 Å². The maximum Gasteiger partial charge on any atom is 0.309 e. The Morgan fingerprint density at radius 3 is 2.15 bits per heavy atom. The number of likely N-dealkylation sites (tertiary alicyclic amines) is 1. The molecule has 1 amide bonds. The number of piperidine rings is 1. The summed E-state index contributed by atoms with van der Waals surface area (Å²) in [5.74, 6) is 2.84. The molecular formula is C22H36N2O3. The molecule has 0 aromatic carbocycles. The standard InChI is InChI=1S/C22H36N2O3/c1-3-27-21(26)19-4-6-24(7-5-19)14-20(25)23-15(2)22-11-16-8-17(12-22)10-18(9-16)13-22/h15-19H,3-14H2,1-2H3,(H,23,25)/t15-,16?,17?,18?,22?/m1/s1. The minimum Gasteiger partial charge on any atom is -0.466 e. The molecule has 5 fully saturated rings. The molecule has 152 valence electrons. The highest BCUT2D eigenvalue weighted by Gasteiger charge is 2.53. The van der Waals surface area contributed by atoms with Gasteiger partial charge in [0.2, 0.25) is 5.91 Å². The zero-order valence-corrected chi connectivity index (χ0v) is 17.0. The zero-order chi connectivity index (χ0) is 19.0. The molecule has 5 heteroatoms. The van der Waals surface area contributed by atoms with Gasteiger partial charge < -0.3 is 10.1 Å². The van der Waals surface area contributed by atoms with Crippen LogP contribution in [-0.2, 0) is 14.3 Å². The van der Waals surface area contributed by atoms with Gasteiger partial charge in [-0.15, -0.1) is 0 Å². The summed E-state index contributed by atoms with van der Waals surface area (Å²) in [6.07, 6.45) is 9.90. The minimum absolute atomic E-state index is 0.00945. The van der Waals surface area contributed by atoms with Crippen molar-refractivity contribution >= 4 is 11.9 Å². The first-order valence-electron chi connectivity index (χ1n) is 11.2. The van der Waals surface area contributed by atoms with Crippen molar-refractivity contribution < 1.29 is 14.3 Å². The number of amides is 1. The van der Waals surface area contributed by atoms with Crippen molar-refractivity contribution in [3.63, 3.8) is 0 Å². The molecule has 0 aromatic rings. The maximum absolute atomic E-state index is 12.7. The summed E-state index contributed by atoms with van der Waals surface area (Å²) in [7, 11) is 0. The lowest BCUT2D eigenvalue weighted by Gasteiger charge is -2.59. The fourth-order valence-electron chi connectivity index (χ4n) is 6.94. The lowest BCUT2D eigenvalue weighted by atomic mass is 9.48. The Morgan fingerprint density at radius 2 is 1.63 bits per heavy atom. The van der Waals surface area contributed by atoms with Crippen LogP contribution < -0.4 is 5.32 Å². The first-order valence-corrected chi connectivity index (χ1v) is 11.2. The summed E-state index contributed by atoms with van der Waals surface area (Å²) in [4.78, 5) is 26.7. The van der Waals surface area contributed by atoms with Crippen molar-refractivity contribution in [1.82, 2.24) is 10.2 Å². The van der Waals surface area contributed by atoms with Crippen LogP contribution in [0.5, 0.6) is 0 Å². The Bertz CT molecular complexity index is 533. The summed E-state index contributed by atoms with van der Waals surface area (Å²) in [5, 5.41) is 3.37. The third-order valence-electron chi connectivity index (χ3n) is 7.96. The lowest BCUT2D eigenvalue weighted by molar-refractivity contribution is -0.149. The molecule has 5 rings (SSSR count). The number of esters is 1. The number of carbonyl (C=O) groups is 2. The number of ether oxygens (including phenoxy) is 1. The monoisotopic (exact) mass is 376 g/mol. The van der Waals surface area contributed by atoms with Crippen molar-refractivity contribution in [1.29, 1.82) is 0 Å². The number of rotatable bonds is 6. The van der Waals surface area contributed by atoms with Crippen molar-refractivity contribution in [2.45, 2.75) is 71.3 Å². The number of carbonyl (C=O) groups excluding carboxylic acids is 2. The Balaban J connectivity index is 1.25. The van der Waals surface area contributed by atoms with Crippen molar-refractivity contribution in [3.8, 4) is 0 Å². The third kappa shape index (κ3) is 4.03. The molecular weight excluding hydrogens is 340 g/mol. The molecule has 0 unspecified atom stereocenters. The van der Waals surface area contributed by atoms with Crippen LogP contribution in [0, 0.1) is 29.1 Å². The number of hydrogen-bond donors (Lipinski definition) is 1. The van der Waals surface area contributed by atoms with E-state index in [4.69, 9.17) is 4.74 Å². The quantitative estimate of drug-likeness (QED) is 0.724. The van der Waals surface area contributed by atoms with E-state index in [-0.39, 0.29) is 23.8 Å². The van der Waals surface area contributed by atoms with Gasteiger partial charge in [-0.1, -0.05) is 0 Å². The summed E-state index contributed by atoms with van der Waals surface area (Å²) in [6.45, 7) is 6.63. The van der Waals surface area contributed by atoms with E-state index < -0.39 is 0 Å². The molecule has 1 N–H and O–H groups in total. The van der Waals surface area contributed by atoms with E-state index in [0.717, 1.165) is 43.7 Å². The van der Waals surface area contributed by atoms with Crippen LogP contribution in [0.25, 0.3) is 0 Å². The van der Waals surface area contributed by atoms with Crippen LogP contribution in [0.3, 0.4) is 0 Å². The average Bonchev–Trinajstić information content (AvgIpc) is 2.61. The largest absolute Gasteiger partial charge is 0.466 e. The second-order valence-electron chi connectivity index (χ2n) is 9.87. The van der Waals surface area contributed by atoms with Gasteiger partial charge >= 0.3 is 5.97 Å². The van der Waals surface area contributed by atoms with E-state index in [1.807, 2.05) is 6.92 Å². The number of nitrogens with zero attached hydrogens (tertiary/aromatic N) is 1. The molecule has 4 saturated carbocycles. The molecule has 27 heavy (non-hydrogen) atoms. The molecule has 0 aromatic heterocycles. The first-order chi connectivity index (χ1) is 13.0. The van der Waals surface area contributed by atoms with Crippen LogP contribution in [0.1, 0.15) is 65.2 Å². The summed E-state index contributed by atoms with van der Waals surface area (Å²) in [5.41, 5.74) is 0.362. The predicted octanol–water partition coefficient (Wildman–Crippen LogP) is 2.98. The first kappa shape index (κ1) is 19.2. The highest BCUT2D eigenvalue weighted by atomic mass is 16.5. The van der Waals surface area contributed by atoms with Crippen LogP contribution in [0.15, 0.2) is 0 Å². The molecule has 1 saturated heterocycles. The molecule has 4 bridgehead atoms. The van der Waals surface area contributed by atoms with Gasteiger partial charge in [0, 0.05) is 6.04 Å². The van der Waals surface area contributed by atoms with Crippen molar-refractivity contribution in [3.05, 3.63) is 0 Å². The van der Waals surface area contributed by atoms with Gasteiger partial charge in [-0.25, -0.2) is 0 Å². The Hall–Kier alpha value is -1.10.